The molecule has 2 fully saturated rings. The summed E-state index contributed by atoms with van der Waals surface area (Å²) in [5.74, 6) is 0.146. The van der Waals surface area contributed by atoms with Crippen LogP contribution in [0.3, 0.4) is 0 Å². The summed E-state index contributed by atoms with van der Waals surface area (Å²) in [6.45, 7) is 3.32. The van der Waals surface area contributed by atoms with E-state index in [0.29, 0.717) is 6.04 Å². The number of hydrogen-bond acceptors (Lipinski definition) is 4. The maximum absolute atomic E-state index is 12.2. The van der Waals surface area contributed by atoms with Crippen molar-refractivity contribution < 1.29 is 9.90 Å². The average Bonchev–Trinajstić information content (AvgIpc) is 3.09. The van der Waals surface area contributed by atoms with Crippen molar-refractivity contribution >= 4 is 17.2 Å². The lowest BCUT2D eigenvalue weighted by Gasteiger charge is -2.39. The van der Waals surface area contributed by atoms with Crippen LogP contribution in [-0.2, 0) is 0 Å². The van der Waals surface area contributed by atoms with Crippen molar-refractivity contribution in [1.82, 2.24) is 9.80 Å². The van der Waals surface area contributed by atoms with Crippen LogP contribution in [0.2, 0.25) is 0 Å². The van der Waals surface area contributed by atoms with Gasteiger partial charge in [-0.2, -0.15) is 11.3 Å². The lowest BCUT2D eigenvalue weighted by Crippen LogP contribution is -2.53. The summed E-state index contributed by atoms with van der Waals surface area (Å²) in [6, 6.07) is 2.21. The zero-order valence-corrected chi connectivity index (χ0v) is 11.8. The normalized spacial score (nSPS) is 28.8. The molecule has 1 saturated carbocycles. The summed E-state index contributed by atoms with van der Waals surface area (Å²) >= 11 is 1.56. The van der Waals surface area contributed by atoms with E-state index in [1.165, 1.54) is 0 Å². The number of rotatable bonds is 2. The largest absolute Gasteiger partial charge is 0.391 e. The topological polar surface area (TPSA) is 43.8 Å². The first kappa shape index (κ1) is 13.1. The van der Waals surface area contributed by atoms with Crippen molar-refractivity contribution in [3.8, 4) is 0 Å². The van der Waals surface area contributed by atoms with Crippen LogP contribution in [0.15, 0.2) is 16.8 Å². The second-order valence-corrected chi connectivity index (χ2v) is 6.19. The third kappa shape index (κ3) is 2.68. The number of carbonyl (C=O) groups excluding carboxylic acids is 1. The van der Waals surface area contributed by atoms with Gasteiger partial charge in [0.2, 0.25) is 0 Å². The van der Waals surface area contributed by atoms with E-state index in [-0.39, 0.29) is 12.0 Å². The van der Waals surface area contributed by atoms with Crippen LogP contribution in [0.25, 0.3) is 0 Å². The molecule has 1 saturated heterocycles. The average molecular weight is 280 g/mol. The molecule has 1 aromatic rings. The molecule has 0 unspecified atom stereocenters. The minimum absolute atomic E-state index is 0.146. The maximum atomic E-state index is 12.2. The molecule has 1 aliphatic carbocycles. The predicted molar refractivity (Wildman–Crippen MR) is 75.4 cm³/mol. The Morgan fingerprint density at radius 3 is 2.63 bits per heavy atom. The van der Waals surface area contributed by atoms with Crippen molar-refractivity contribution in [3.05, 3.63) is 22.4 Å². The predicted octanol–water partition coefficient (Wildman–Crippen LogP) is 1.42. The van der Waals surface area contributed by atoms with E-state index in [9.17, 15) is 9.90 Å². The van der Waals surface area contributed by atoms with Gasteiger partial charge in [-0.05, 0) is 30.7 Å². The van der Waals surface area contributed by atoms with Crippen LogP contribution < -0.4 is 0 Å². The maximum Gasteiger partial charge on any atom is 0.254 e. The molecule has 1 N–H and O–H groups in total. The molecule has 0 radical (unpaired) electrons. The number of aliphatic hydroxyl groups is 1. The van der Waals surface area contributed by atoms with Crippen molar-refractivity contribution in [2.45, 2.75) is 31.4 Å². The molecule has 3 rings (SSSR count). The van der Waals surface area contributed by atoms with E-state index in [0.717, 1.165) is 51.0 Å². The quantitative estimate of drug-likeness (QED) is 0.891. The Balaban J connectivity index is 1.56. The van der Waals surface area contributed by atoms with Crippen molar-refractivity contribution in [2.24, 2.45) is 0 Å². The van der Waals surface area contributed by atoms with Crippen LogP contribution >= 0.6 is 11.3 Å². The first-order chi connectivity index (χ1) is 9.25. The lowest BCUT2D eigenvalue weighted by atomic mass is 10.1. The van der Waals surface area contributed by atoms with Gasteiger partial charge in [0.15, 0.2) is 0 Å². The fraction of sp³-hybridized carbons (Fsp3) is 0.643. The highest BCUT2D eigenvalue weighted by atomic mass is 32.1. The molecular weight excluding hydrogens is 260 g/mol. The summed E-state index contributed by atoms with van der Waals surface area (Å²) in [6.07, 6.45) is 2.98. The second-order valence-electron chi connectivity index (χ2n) is 5.41. The number of thiophene rings is 1. The highest BCUT2D eigenvalue weighted by Gasteiger charge is 2.33. The Morgan fingerprint density at radius 1 is 1.26 bits per heavy atom. The van der Waals surface area contributed by atoms with Gasteiger partial charge in [-0.3, -0.25) is 9.69 Å². The number of amides is 1. The summed E-state index contributed by atoms with van der Waals surface area (Å²) in [7, 11) is 0. The van der Waals surface area contributed by atoms with Gasteiger partial charge >= 0.3 is 0 Å². The molecule has 4 nitrogen and oxygen atoms in total. The monoisotopic (exact) mass is 280 g/mol. The molecule has 5 heteroatoms. The highest BCUT2D eigenvalue weighted by molar-refractivity contribution is 7.08. The van der Waals surface area contributed by atoms with Crippen LogP contribution in [0.5, 0.6) is 0 Å². The molecule has 1 amide bonds. The van der Waals surface area contributed by atoms with Gasteiger partial charge in [-0.1, -0.05) is 0 Å². The number of nitrogens with zero attached hydrogens (tertiary/aromatic N) is 2. The molecule has 19 heavy (non-hydrogen) atoms. The number of aliphatic hydroxyl groups excluding tert-OH is 1. The van der Waals surface area contributed by atoms with E-state index >= 15 is 0 Å². The van der Waals surface area contributed by atoms with Crippen molar-refractivity contribution in [2.75, 3.05) is 26.2 Å². The van der Waals surface area contributed by atoms with Gasteiger partial charge < -0.3 is 10.0 Å². The van der Waals surface area contributed by atoms with Gasteiger partial charge in [0, 0.05) is 37.6 Å². The van der Waals surface area contributed by atoms with Crippen LogP contribution in [-0.4, -0.2) is 59.1 Å². The molecule has 2 aliphatic rings. The summed E-state index contributed by atoms with van der Waals surface area (Å²) in [5.41, 5.74) is 0.805. The van der Waals surface area contributed by atoms with E-state index < -0.39 is 0 Å². The number of hydrogen-bond donors (Lipinski definition) is 1. The fourth-order valence-electron chi connectivity index (χ4n) is 3.17. The van der Waals surface area contributed by atoms with Gasteiger partial charge in [0.05, 0.1) is 11.7 Å². The molecular formula is C14H20N2O2S. The molecule has 2 atom stereocenters. The zero-order chi connectivity index (χ0) is 13.2. The summed E-state index contributed by atoms with van der Waals surface area (Å²) < 4.78 is 0. The Bertz CT molecular complexity index is 427. The first-order valence-electron chi connectivity index (χ1n) is 6.99. The molecule has 1 aromatic heterocycles. The highest BCUT2D eigenvalue weighted by Crippen LogP contribution is 2.25. The summed E-state index contributed by atoms with van der Waals surface area (Å²) in [5, 5.41) is 13.8. The SMILES string of the molecule is O=C(c1ccsc1)N1CCN([C@H]2CCC[C@@H]2O)CC1. The van der Waals surface area contributed by atoms with Crippen LogP contribution in [0.1, 0.15) is 29.6 Å². The van der Waals surface area contributed by atoms with E-state index in [1.54, 1.807) is 11.3 Å². The Kier molecular flexibility index (Phi) is 3.86. The van der Waals surface area contributed by atoms with Gasteiger partial charge in [0.25, 0.3) is 5.91 Å². The number of piperazine rings is 1. The minimum atomic E-state index is -0.167. The third-order valence-corrected chi connectivity index (χ3v) is 4.97. The standard InChI is InChI=1S/C14H20N2O2S/c17-13-3-1-2-12(13)15-5-7-16(8-6-15)14(18)11-4-9-19-10-11/h4,9-10,12-13,17H,1-3,5-8H2/t12-,13-/m0/s1. The third-order valence-electron chi connectivity index (χ3n) is 4.28. The Hall–Kier alpha value is -0.910. The fourth-order valence-corrected chi connectivity index (χ4v) is 3.80. The molecule has 0 aromatic carbocycles. The molecule has 0 spiro atoms. The first-order valence-corrected chi connectivity index (χ1v) is 7.93. The van der Waals surface area contributed by atoms with E-state index in [4.69, 9.17) is 0 Å². The smallest absolute Gasteiger partial charge is 0.254 e. The molecule has 104 valence electrons. The number of carbonyl (C=O) groups is 1. The van der Waals surface area contributed by atoms with Gasteiger partial charge in [-0.15, -0.1) is 0 Å². The zero-order valence-electron chi connectivity index (χ0n) is 11.0. The Labute approximate surface area is 117 Å². The molecule has 1 aliphatic heterocycles. The second kappa shape index (κ2) is 5.61. The van der Waals surface area contributed by atoms with Crippen molar-refractivity contribution in [3.63, 3.8) is 0 Å². The minimum Gasteiger partial charge on any atom is -0.391 e. The van der Waals surface area contributed by atoms with Gasteiger partial charge in [-0.25, -0.2) is 0 Å². The summed E-state index contributed by atoms with van der Waals surface area (Å²) in [4.78, 5) is 16.5. The molecule has 2 heterocycles. The van der Waals surface area contributed by atoms with Gasteiger partial charge in [0.1, 0.15) is 0 Å². The van der Waals surface area contributed by atoms with E-state index in [1.807, 2.05) is 21.7 Å². The van der Waals surface area contributed by atoms with Crippen molar-refractivity contribution in [1.29, 1.82) is 0 Å². The van der Waals surface area contributed by atoms with E-state index in [2.05, 4.69) is 4.90 Å². The van der Waals surface area contributed by atoms with Crippen LogP contribution in [0, 0.1) is 0 Å². The Morgan fingerprint density at radius 2 is 2.05 bits per heavy atom. The molecule has 0 bridgehead atoms. The lowest BCUT2D eigenvalue weighted by molar-refractivity contribution is 0.0316. The van der Waals surface area contributed by atoms with Crippen LogP contribution in [0.4, 0.5) is 0 Å².